The fraction of sp³-hybridized carbons (Fsp3) is 0.250. The van der Waals surface area contributed by atoms with Crippen molar-refractivity contribution in [2.75, 3.05) is 0 Å². The lowest BCUT2D eigenvalue weighted by atomic mass is 10.3. The predicted molar refractivity (Wildman–Crippen MR) is 75.7 cm³/mol. The van der Waals surface area contributed by atoms with Crippen molar-refractivity contribution in [3.05, 3.63) is 41.7 Å². The lowest BCUT2D eigenvalue weighted by Crippen LogP contribution is -2.15. The average molecular weight is 352 g/mol. The van der Waals surface area contributed by atoms with Gasteiger partial charge in [0.25, 0.3) is 10.0 Å². The van der Waals surface area contributed by atoms with Crippen molar-refractivity contribution in [3.8, 4) is 5.75 Å². The summed E-state index contributed by atoms with van der Waals surface area (Å²) in [6.45, 7) is -1.85. The van der Waals surface area contributed by atoms with Gasteiger partial charge in [0, 0.05) is 24.8 Å². The molecule has 1 aromatic carbocycles. The Balaban J connectivity index is 0.00000176. The van der Waals surface area contributed by atoms with E-state index in [4.69, 9.17) is 0 Å². The third kappa shape index (κ3) is 3.06. The zero-order chi connectivity index (χ0) is 15.0. The van der Waals surface area contributed by atoms with E-state index in [0.717, 1.165) is 9.65 Å². The molecule has 1 N–H and O–H groups in total. The van der Waals surface area contributed by atoms with E-state index >= 15 is 0 Å². The van der Waals surface area contributed by atoms with Crippen LogP contribution in [0.2, 0.25) is 0 Å². The molecule has 0 spiro atoms. The summed E-state index contributed by atoms with van der Waals surface area (Å²) in [4.78, 5) is -0.0433. The number of hydrogen-bond acceptors (Lipinski definition) is 5. The molecule has 0 fully saturated rings. The second kappa shape index (κ2) is 6.19. The Kier molecular flexibility index (Phi) is 4.69. The summed E-state index contributed by atoms with van der Waals surface area (Å²) >= 11 is 0. The monoisotopic (exact) mass is 351 g/mol. The van der Waals surface area contributed by atoms with Gasteiger partial charge in [-0.25, -0.2) is 0 Å². The molecule has 10 heteroatoms. The molecule has 0 atom stereocenters. The topological polar surface area (TPSA) is 73.2 Å². The van der Waals surface area contributed by atoms with Crippen LogP contribution in [-0.2, 0) is 23.1 Å². The number of nitrogens with zero attached hydrogens (tertiary/aromatic N) is 2. The molecule has 1 aliphatic heterocycles. The molecule has 0 saturated heterocycles. The van der Waals surface area contributed by atoms with Crippen LogP contribution in [0.5, 0.6) is 5.75 Å². The molecular formula is C12H12ClF2N3O3S. The lowest BCUT2D eigenvalue weighted by molar-refractivity contribution is -0.0498. The largest absolute Gasteiger partial charge is 0.435 e. The Morgan fingerprint density at radius 1 is 1.23 bits per heavy atom. The van der Waals surface area contributed by atoms with Gasteiger partial charge in [0.05, 0.1) is 10.6 Å². The van der Waals surface area contributed by atoms with Gasteiger partial charge in [0.15, 0.2) is 0 Å². The first-order valence-corrected chi connectivity index (χ1v) is 7.49. The molecule has 0 unspecified atom stereocenters. The zero-order valence-corrected chi connectivity index (χ0v) is 12.7. The summed E-state index contributed by atoms with van der Waals surface area (Å²) in [6, 6.07) is 4.77. The van der Waals surface area contributed by atoms with Gasteiger partial charge in [0.1, 0.15) is 5.75 Å². The number of alkyl halides is 2. The number of ether oxygens (including phenoxy) is 1. The minimum atomic E-state index is -3.83. The van der Waals surface area contributed by atoms with Crippen molar-refractivity contribution in [3.63, 3.8) is 0 Å². The predicted octanol–water partition coefficient (Wildman–Crippen LogP) is 1.75. The number of aromatic nitrogens is 2. The fourth-order valence-electron chi connectivity index (χ4n) is 2.06. The summed E-state index contributed by atoms with van der Waals surface area (Å²) in [6.07, 6.45) is 1.45. The summed E-state index contributed by atoms with van der Waals surface area (Å²) in [5.41, 5.74) is 1.52. The van der Waals surface area contributed by atoms with Crippen molar-refractivity contribution in [2.45, 2.75) is 24.6 Å². The third-order valence-corrected chi connectivity index (χ3v) is 4.60. The zero-order valence-electron chi connectivity index (χ0n) is 11.1. The van der Waals surface area contributed by atoms with Crippen LogP contribution in [-0.4, -0.2) is 24.2 Å². The van der Waals surface area contributed by atoms with Crippen molar-refractivity contribution < 1.29 is 21.9 Å². The van der Waals surface area contributed by atoms with E-state index in [-0.39, 0.29) is 23.1 Å². The highest BCUT2D eigenvalue weighted by Gasteiger charge is 2.23. The first-order valence-electron chi connectivity index (χ1n) is 6.05. The minimum Gasteiger partial charge on any atom is -0.435 e. The van der Waals surface area contributed by atoms with Gasteiger partial charge >= 0.3 is 6.61 Å². The molecule has 0 saturated carbocycles. The molecule has 0 amide bonds. The Morgan fingerprint density at radius 3 is 2.50 bits per heavy atom. The van der Waals surface area contributed by atoms with Crippen LogP contribution in [0.15, 0.2) is 35.4 Å². The van der Waals surface area contributed by atoms with Crippen LogP contribution in [0.4, 0.5) is 8.78 Å². The van der Waals surface area contributed by atoms with E-state index in [9.17, 15) is 17.2 Å². The molecule has 0 aliphatic carbocycles. The number of nitrogens with one attached hydrogen (secondary N) is 1. The van der Waals surface area contributed by atoms with Crippen LogP contribution in [0.25, 0.3) is 0 Å². The fourth-order valence-corrected chi connectivity index (χ4v) is 3.22. The Bertz CT molecular complexity index is 741. The van der Waals surface area contributed by atoms with Crippen molar-refractivity contribution >= 4 is 22.4 Å². The summed E-state index contributed by atoms with van der Waals surface area (Å²) in [5, 5.41) is 7.08. The van der Waals surface area contributed by atoms with Crippen LogP contribution in [0, 0.1) is 0 Å². The number of benzene rings is 1. The smallest absolute Gasteiger partial charge is 0.387 e. The van der Waals surface area contributed by atoms with Gasteiger partial charge in [-0.15, -0.1) is 12.4 Å². The number of halogens is 3. The van der Waals surface area contributed by atoms with E-state index in [1.165, 1.54) is 30.5 Å². The SMILES string of the molecule is Cl.O=S(=O)(c1ccc(OC(F)F)cc1)n1cc2c(n1)CNC2. The summed E-state index contributed by atoms with van der Waals surface area (Å²) in [7, 11) is -3.83. The summed E-state index contributed by atoms with van der Waals surface area (Å²) < 4.78 is 53.9. The molecular weight excluding hydrogens is 340 g/mol. The Labute approximate surface area is 131 Å². The molecule has 6 nitrogen and oxygen atoms in total. The average Bonchev–Trinajstić information content (AvgIpc) is 2.99. The molecule has 1 aliphatic rings. The van der Waals surface area contributed by atoms with E-state index in [1.54, 1.807) is 0 Å². The number of fused-ring (bicyclic) bond motifs is 1. The number of rotatable bonds is 4. The molecule has 1 aromatic heterocycles. The Morgan fingerprint density at radius 2 is 1.91 bits per heavy atom. The molecule has 0 bridgehead atoms. The molecule has 2 aromatic rings. The first-order chi connectivity index (χ1) is 9.96. The second-order valence-corrected chi connectivity index (χ2v) is 6.23. The van der Waals surface area contributed by atoms with Crippen LogP contribution >= 0.6 is 12.4 Å². The number of hydrogen-bond donors (Lipinski definition) is 1. The van der Waals surface area contributed by atoms with Gasteiger partial charge in [-0.2, -0.15) is 26.4 Å². The highest BCUT2D eigenvalue weighted by atomic mass is 35.5. The van der Waals surface area contributed by atoms with E-state index in [1.807, 2.05) is 0 Å². The Hall–Kier alpha value is -1.71. The maximum Gasteiger partial charge on any atom is 0.387 e. The lowest BCUT2D eigenvalue weighted by Gasteiger charge is -2.07. The van der Waals surface area contributed by atoms with Gasteiger partial charge in [0.2, 0.25) is 0 Å². The second-order valence-electron chi connectivity index (χ2n) is 4.43. The third-order valence-electron chi connectivity index (χ3n) is 3.06. The maximum absolute atomic E-state index is 12.4. The van der Waals surface area contributed by atoms with E-state index in [0.29, 0.717) is 18.8 Å². The molecule has 2 heterocycles. The van der Waals surface area contributed by atoms with Gasteiger partial charge in [-0.05, 0) is 24.3 Å². The van der Waals surface area contributed by atoms with Gasteiger partial charge in [-0.3, -0.25) is 0 Å². The minimum absolute atomic E-state index is 0. The molecule has 22 heavy (non-hydrogen) atoms. The van der Waals surface area contributed by atoms with Crippen molar-refractivity contribution in [2.24, 2.45) is 0 Å². The van der Waals surface area contributed by atoms with Gasteiger partial charge in [-0.1, -0.05) is 0 Å². The van der Waals surface area contributed by atoms with Crippen LogP contribution < -0.4 is 10.1 Å². The van der Waals surface area contributed by atoms with E-state index < -0.39 is 16.6 Å². The van der Waals surface area contributed by atoms with Crippen molar-refractivity contribution in [1.29, 1.82) is 0 Å². The quantitative estimate of drug-likeness (QED) is 0.908. The first kappa shape index (κ1) is 16.7. The molecule has 120 valence electrons. The summed E-state index contributed by atoms with van der Waals surface area (Å²) in [5.74, 6) is -0.101. The standard InChI is InChI=1S/C12H11F2N3O3S.ClH/c13-12(14)20-9-1-3-10(4-2-9)21(18,19)17-7-8-5-15-6-11(8)16-17;/h1-4,7,12,15H,5-6H2;1H. The highest BCUT2D eigenvalue weighted by Crippen LogP contribution is 2.21. The highest BCUT2D eigenvalue weighted by molar-refractivity contribution is 7.89. The molecule has 0 radical (unpaired) electrons. The van der Waals surface area contributed by atoms with Gasteiger partial charge < -0.3 is 10.1 Å². The molecule has 3 rings (SSSR count). The van der Waals surface area contributed by atoms with Crippen LogP contribution in [0.1, 0.15) is 11.3 Å². The van der Waals surface area contributed by atoms with Crippen molar-refractivity contribution in [1.82, 2.24) is 14.5 Å². The normalized spacial score (nSPS) is 13.8. The van der Waals surface area contributed by atoms with Crippen LogP contribution in [0.3, 0.4) is 0 Å². The van der Waals surface area contributed by atoms with E-state index in [2.05, 4.69) is 15.2 Å². The maximum atomic E-state index is 12.4.